The van der Waals surface area contributed by atoms with Gasteiger partial charge in [-0.3, -0.25) is 33.6 Å². The lowest BCUT2D eigenvalue weighted by molar-refractivity contribution is -0.151. The maximum absolute atomic E-state index is 14.7. The molecule has 1 aliphatic rings. The first-order valence-corrected chi connectivity index (χ1v) is 17.3. The number of carbonyl (C=O) groups excluding carboxylic acids is 2. The van der Waals surface area contributed by atoms with Crippen LogP contribution in [-0.2, 0) is 30.5 Å². The molecule has 2 heterocycles. The Morgan fingerprint density at radius 1 is 0.724 bits per heavy atom. The third-order valence-electron chi connectivity index (χ3n) is 10.1. The SMILES string of the molecule is COc1c2ccc3c(=O)c4cc(C)n(CC(=O)N5CC(C(=O)O)NC(=O)C5C)c(=O)c4c(=O)c3c2c(OCC(=O)O)c2c(=O)c3cccc(OCC(=O)O)c3c(=O)c12. The number of carbonyl (C=O) groups is 5. The third-order valence-corrected chi connectivity index (χ3v) is 10.1. The van der Waals surface area contributed by atoms with Crippen LogP contribution in [0.2, 0.25) is 0 Å². The summed E-state index contributed by atoms with van der Waals surface area (Å²) in [7, 11) is 1.14. The van der Waals surface area contributed by atoms with Crippen molar-refractivity contribution in [1.82, 2.24) is 14.8 Å². The van der Waals surface area contributed by atoms with E-state index in [1.165, 1.54) is 50.2 Å². The number of hydrogen-bond acceptors (Lipinski definition) is 13. The fraction of sp³-hybridized carbons (Fsp3) is 0.231. The highest BCUT2D eigenvalue weighted by atomic mass is 16.5. The van der Waals surface area contributed by atoms with Crippen molar-refractivity contribution < 1.29 is 53.5 Å². The van der Waals surface area contributed by atoms with Gasteiger partial charge in [0.1, 0.15) is 35.9 Å². The van der Waals surface area contributed by atoms with Crippen molar-refractivity contribution in [3.8, 4) is 17.2 Å². The third kappa shape index (κ3) is 5.90. The Kier molecular flexibility index (Phi) is 9.38. The molecule has 58 heavy (non-hydrogen) atoms. The summed E-state index contributed by atoms with van der Waals surface area (Å²) in [4.78, 5) is 134. The molecule has 2 unspecified atom stereocenters. The molecule has 0 aliphatic carbocycles. The average Bonchev–Trinajstić information content (AvgIpc) is 3.18. The number of ether oxygens (including phenoxy) is 3. The van der Waals surface area contributed by atoms with Crippen LogP contribution in [0.15, 0.2) is 60.4 Å². The van der Waals surface area contributed by atoms with E-state index in [1.807, 2.05) is 0 Å². The highest BCUT2D eigenvalue weighted by Gasteiger charge is 2.38. The molecule has 19 nitrogen and oxygen atoms in total. The summed E-state index contributed by atoms with van der Waals surface area (Å²) < 4.78 is 17.5. The van der Waals surface area contributed by atoms with E-state index in [4.69, 9.17) is 14.2 Å². The summed E-state index contributed by atoms with van der Waals surface area (Å²) in [6.07, 6.45) is 0. The van der Waals surface area contributed by atoms with Gasteiger partial charge in [-0.25, -0.2) is 14.4 Å². The van der Waals surface area contributed by atoms with Crippen molar-refractivity contribution in [2.45, 2.75) is 32.5 Å². The van der Waals surface area contributed by atoms with E-state index in [0.29, 0.717) is 0 Å². The molecule has 0 saturated carbocycles. The van der Waals surface area contributed by atoms with Crippen molar-refractivity contribution in [1.29, 1.82) is 0 Å². The first-order valence-electron chi connectivity index (χ1n) is 17.3. The van der Waals surface area contributed by atoms with Crippen LogP contribution in [0.1, 0.15) is 12.6 Å². The van der Waals surface area contributed by atoms with Crippen LogP contribution < -0.4 is 46.8 Å². The second-order valence-electron chi connectivity index (χ2n) is 13.5. The number of carboxylic acids is 3. The van der Waals surface area contributed by atoms with Crippen LogP contribution >= 0.6 is 0 Å². The molecule has 1 fully saturated rings. The van der Waals surface area contributed by atoms with Gasteiger partial charge in [0, 0.05) is 38.0 Å². The predicted octanol–water partition coefficient (Wildman–Crippen LogP) is -0.0254. The highest BCUT2D eigenvalue weighted by molar-refractivity contribution is 6.23. The molecule has 1 aromatic heterocycles. The number of fused-ring (bicyclic) bond motifs is 6. The van der Waals surface area contributed by atoms with Gasteiger partial charge < -0.3 is 44.3 Å². The fourth-order valence-corrected chi connectivity index (χ4v) is 7.49. The Hall–Kier alpha value is -7.70. The molecular weight excluding hydrogens is 766 g/mol. The zero-order valence-corrected chi connectivity index (χ0v) is 30.5. The molecule has 2 amide bonds. The second kappa shape index (κ2) is 14.1. The Morgan fingerprint density at radius 3 is 2.00 bits per heavy atom. The van der Waals surface area contributed by atoms with Gasteiger partial charge in [-0.15, -0.1) is 0 Å². The van der Waals surface area contributed by atoms with Crippen LogP contribution in [-0.4, -0.2) is 93.5 Å². The lowest BCUT2D eigenvalue weighted by Crippen LogP contribution is -2.63. The number of methoxy groups -OCH3 is 1. The number of piperazine rings is 1. The minimum atomic E-state index is -1.53. The maximum Gasteiger partial charge on any atom is 0.341 e. The zero-order chi connectivity index (χ0) is 42.1. The summed E-state index contributed by atoms with van der Waals surface area (Å²) in [5, 5.41) is 26.7. The maximum atomic E-state index is 14.7. The van der Waals surface area contributed by atoms with Gasteiger partial charge in [0.2, 0.25) is 22.7 Å². The smallest absolute Gasteiger partial charge is 0.341 e. The van der Waals surface area contributed by atoms with E-state index < -0.39 is 123 Å². The van der Waals surface area contributed by atoms with Crippen LogP contribution in [0.25, 0.3) is 53.9 Å². The quantitative estimate of drug-likeness (QED) is 0.105. The molecule has 296 valence electrons. The summed E-state index contributed by atoms with van der Waals surface area (Å²) in [5.41, 5.74) is -4.85. The van der Waals surface area contributed by atoms with E-state index in [0.717, 1.165) is 16.6 Å². The predicted molar refractivity (Wildman–Crippen MR) is 204 cm³/mol. The molecule has 19 heteroatoms. The standard InChI is InChI=1S/C39H29N3O16/c1-14-9-19-28(38(53)41(14)11-22(43)42-10-20(39(54)55)40-37(52)15(42)2)34(51)26-17(31(19)48)7-8-18-27(26)36(58-13-24(46)47)29-30(35(18)56-3)33(50)25-16(32(29)49)5-4-6-21(25)57-12-23(44)45/h4-9,15,20H,10-13H2,1-3H3,(H,40,52)(H,44,45)(H,46,47)(H,54,55). The normalized spacial score (nSPS) is 15.6. The van der Waals surface area contributed by atoms with Crippen molar-refractivity contribution >= 4 is 83.6 Å². The molecule has 5 aromatic carbocycles. The lowest BCUT2D eigenvalue weighted by Gasteiger charge is -2.36. The summed E-state index contributed by atoms with van der Waals surface area (Å²) >= 11 is 0. The molecular formula is C39H29N3O16. The Morgan fingerprint density at radius 2 is 1.34 bits per heavy atom. The minimum Gasteiger partial charge on any atom is -0.495 e. The first-order chi connectivity index (χ1) is 27.5. The molecule has 0 spiro atoms. The van der Waals surface area contributed by atoms with Crippen LogP contribution in [0.4, 0.5) is 0 Å². The second-order valence-corrected chi connectivity index (χ2v) is 13.5. The number of nitrogens with zero attached hydrogens (tertiary/aromatic N) is 2. The van der Waals surface area contributed by atoms with Crippen molar-refractivity contribution in [3.05, 3.63) is 93.3 Å². The molecule has 0 radical (unpaired) electrons. The van der Waals surface area contributed by atoms with Gasteiger partial charge in [-0.05, 0) is 38.1 Å². The molecule has 1 saturated heterocycles. The number of aryl methyl sites for hydroxylation is 1. The number of amides is 2. The van der Waals surface area contributed by atoms with Gasteiger partial charge in [-0.2, -0.15) is 0 Å². The fourth-order valence-electron chi connectivity index (χ4n) is 7.49. The van der Waals surface area contributed by atoms with Gasteiger partial charge in [0.25, 0.3) is 5.56 Å². The summed E-state index contributed by atoms with van der Waals surface area (Å²) in [5.74, 6) is -7.09. The number of nitrogens with one attached hydrogen (secondary N) is 1. The van der Waals surface area contributed by atoms with Gasteiger partial charge in [0.05, 0.1) is 35.2 Å². The number of aliphatic carboxylic acids is 3. The summed E-state index contributed by atoms with van der Waals surface area (Å²) in [6.45, 7) is -0.430. The number of aromatic nitrogens is 1. The number of carboxylic acid groups (broad SMARTS) is 3. The molecule has 2 atom stereocenters. The van der Waals surface area contributed by atoms with Gasteiger partial charge in [0.15, 0.2) is 24.1 Å². The monoisotopic (exact) mass is 795 g/mol. The van der Waals surface area contributed by atoms with E-state index in [2.05, 4.69) is 5.32 Å². The Balaban J connectivity index is 1.57. The zero-order valence-electron chi connectivity index (χ0n) is 30.5. The van der Waals surface area contributed by atoms with E-state index >= 15 is 0 Å². The Labute approximate surface area is 321 Å². The van der Waals surface area contributed by atoms with Crippen LogP contribution in [0, 0.1) is 6.92 Å². The van der Waals surface area contributed by atoms with Gasteiger partial charge >= 0.3 is 17.9 Å². The van der Waals surface area contributed by atoms with Gasteiger partial charge in [-0.1, -0.05) is 12.1 Å². The number of pyridine rings is 1. The molecule has 6 aromatic rings. The lowest BCUT2D eigenvalue weighted by atomic mass is 9.91. The highest BCUT2D eigenvalue weighted by Crippen LogP contribution is 2.43. The van der Waals surface area contributed by atoms with E-state index in [9.17, 15) is 63.3 Å². The van der Waals surface area contributed by atoms with Crippen molar-refractivity contribution in [2.24, 2.45) is 0 Å². The van der Waals surface area contributed by atoms with Crippen molar-refractivity contribution in [2.75, 3.05) is 26.9 Å². The molecule has 0 bridgehead atoms. The van der Waals surface area contributed by atoms with Crippen molar-refractivity contribution in [3.63, 3.8) is 0 Å². The van der Waals surface area contributed by atoms with Crippen LogP contribution in [0.3, 0.4) is 0 Å². The Bertz CT molecular complexity index is 3160. The molecule has 4 N–H and O–H groups in total. The molecule has 7 rings (SSSR count). The van der Waals surface area contributed by atoms with E-state index in [1.54, 1.807) is 0 Å². The number of benzene rings is 5. The topological polar surface area (TPSA) is 279 Å². The molecule has 1 aliphatic heterocycles. The minimum absolute atomic E-state index is 0.0575. The first kappa shape index (κ1) is 38.6. The average molecular weight is 796 g/mol. The van der Waals surface area contributed by atoms with E-state index in [-0.39, 0.29) is 49.5 Å². The largest absolute Gasteiger partial charge is 0.495 e. The summed E-state index contributed by atoms with van der Waals surface area (Å²) in [6, 6.07) is 4.98. The van der Waals surface area contributed by atoms with Crippen LogP contribution in [0.5, 0.6) is 17.2 Å². The number of hydrogen-bond donors (Lipinski definition) is 4. The number of rotatable bonds is 10.